The van der Waals surface area contributed by atoms with Gasteiger partial charge in [-0.15, -0.1) is 0 Å². The van der Waals surface area contributed by atoms with E-state index in [0.717, 1.165) is 0 Å². The lowest BCUT2D eigenvalue weighted by Gasteiger charge is -2.57. The topological polar surface area (TPSA) is 67.9 Å². The van der Waals surface area contributed by atoms with Gasteiger partial charge in [-0.2, -0.15) is 0 Å². The van der Waals surface area contributed by atoms with Gasteiger partial charge in [0.05, 0.1) is 7.11 Å². The van der Waals surface area contributed by atoms with Crippen LogP contribution in [-0.2, 0) is 14.3 Å². The summed E-state index contributed by atoms with van der Waals surface area (Å²) in [6.07, 6.45) is 0.924. The van der Waals surface area contributed by atoms with Crippen molar-refractivity contribution in [3.8, 4) is 5.75 Å². The molecule has 1 aromatic carbocycles. The van der Waals surface area contributed by atoms with Crippen molar-refractivity contribution in [2.45, 2.75) is 57.2 Å². The van der Waals surface area contributed by atoms with Crippen molar-refractivity contribution in [1.82, 2.24) is 10.2 Å². The van der Waals surface area contributed by atoms with Gasteiger partial charge >= 0.3 is 5.97 Å². The number of methoxy groups -OCH3 is 1. The molecule has 6 heteroatoms. The van der Waals surface area contributed by atoms with Crippen LogP contribution in [0.2, 0.25) is 0 Å². The molecule has 26 heavy (non-hydrogen) atoms. The fourth-order valence-corrected chi connectivity index (χ4v) is 4.04. The van der Waals surface area contributed by atoms with Crippen molar-refractivity contribution in [2.75, 3.05) is 20.8 Å². The molecule has 2 rings (SSSR count). The Morgan fingerprint density at radius 2 is 1.62 bits per heavy atom. The van der Waals surface area contributed by atoms with E-state index in [0.29, 0.717) is 18.6 Å². The van der Waals surface area contributed by atoms with Crippen molar-refractivity contribution in [1.29, 1.82) is 0 Å². The van der Waals surface area contributed by atoms with Crippen molar-refractivity contribution >= 4 is 11.9 Å². The number of hydrogen-bond acceptors (Lipinski definition) is 5. The minimum Gasteiger partial charge on any atom is -0.484 e. The zero-order valence-corrected chi connectivity index (χ0v) is 16.6. The highest BCUT2D eigenvalue weighted by molar-refractivity contribution is 5.89. The zero-order chi connectivity index (χ0) is 19.6. The summed E-state index contributed by atoms with van der Waals surface area (Å²) in [7, 11) is 3.40. The molecule has 1 saturated heterocycles. The van der Waals surface area contributed by atoms with Crippen LogP contribution in [0.15, 0.2) is 30.3 Å². The van der Waals surface area contributed by atoms with Gasteiger partial charge in [-0.25, -0.2) is 4.79 Å². The van der Waals surface area contributed by atoms with E-state index in [1.165, 1.54) is 7.11 Å². The van der Waals surface area contributed by atoms with Crippen LogP contribution in [-0.4, -0.2) is 54.2 Å². The third-order valence-electron chi connectivity index (χ3n) is 5.35. The van der Waals surface area contributed by atoms with E-state index >= 15 is 0 Å². The smallest absolute Gasteiger partial charge is 0.331 e. The predicted molar refractivity (Wildman–Crippen MR) is 100.0 cm³/mol. The third kappa shape index (κ3) is 4.18. The highest BCUT2D eigenvalue weighted by Gasteiger charge is 2.55. The second kappa shape index (κ2) is 7.27. The molecule has 1 aromatic rings. The number of carbonyl (C=O) groups excluding carboxylic acids is 2. The largest absolute Gasteiger partial charge is 0.484 e. The molecule has 1 N–H and O–H groups in total. The Morgan fingerprint density at radius 1 is 1.08 bits per heavy atom. The van der Waals surface area contributed by atoms with Crippen molar-refractivity contribution in [2.24, 2.45) is 0 Å². The molecule has 0 aliphatic carbocycles. The van der Waals surface area contributed by atoms with Gasteiger partial charge in [0.15, 0.2) is 6.61 Å². The summed E-state index contributed by atoms with van der Waals surface area (Å²) in [5, 5.41) is 2.92. The number of piperidine rings is 1. The number of benzene rings is 1. The van der Waals surface area contributed by atoms with Crippen LogP contribution in [0.1, 0.15) is 40.5 Å². The number of rotatable bonds is 5. The molecular weight excluding hydrogens is 332 g/mol. The number of para-hydroxylation sites is 1. The number of esters is 1. The molecule has 1 fully saturated rings. The summed E-state index contributed by atoms with van der Waals surface area (Å²) in [6.45, 7) is 8.12. The van der Waals surface area contributed by atoms with Gasteiger partial charge in [0, 0.05) is 11.1 Å². The molecule has 1 amide bonds. The number of amides is 1. The molecule has 0 atom stereocenters. The lowest BCUT2D eigenvalue weighted by molar-refractivity contribution is -0.161. The number of likely N-dealkylation sites (tertiary alicyclic amines) is 1. The van der Waals surface area contributed by atoms with Crippen LogP contribution in [0.4, 0.5) is 0 Å². The van der Waals surface area contributed by atoms with Crippen molar-refractivity contribution in [3.05, 3.63) is 30.3 Å². The maximum absolute atomic E-state index is 12.7. The van der Waals surface area contributed by atoms with Gasteiger partial charge in [0.2, 0.25) is 0 Å². The van der Waals surface area contributed by atoms with Crippen molar-refractivity contribution < 1.29 is 19.1 Å². The summed E-state index contributed by atoms with van der Waals surface area (Å²) in [5.41, 5.74) is -1.65. The first kappa shape index (κ1) is 20.2. The second-order valence-corrected chi connectivity index (χ2v) is 8.26. The number of nitrogens with one attached hydrogen (secondary N) is 1. The van der Waals surface area contributed by atoms with Gasteiger partial charge in [-0.3, -0.25) is 9.69 Å². The Balaban J connectivity index is 2.19. The van der Waals surface area contributed by atoms with Crippen molar-refractivity contribution in [3.63, 3.8) is 0 Å². The zero-order valence-electron chi connectivity index (χ0n) is 16.6. The Labute approximate surface area is 155 Å². The molecule has 6 nitrogen and oxygen atoms in total. The maximum Gasteiger partial charge on any atom is 0.331 e. The van der Waals surface area contributed by atoms with E-state index in [-0.39, 0.29) is 23.6 Å². The minimum atomic E-state index is -1.08. The van der Waals surface area contributed by atoms with E-state index in [1.54, 1.807) is 12.1 Å². The summed E-state index contributed by atoms with van der Waals surface area (Å²) in [5.74, 6) is -0.144. The molecule has 0 radical (unpaired) electrons. The van der Waals surface area contributed by atoms with Crippen LogP contribution in [0.5, 0.6) is 5.75 Å². The van der Waals surface area contributed by atoms with E-state index < -0.39 is 11.5 Å². The SMILES string of the molecule is COC(=O)C1(NC(=O)COc2ccccc2)CC(C)(C)N(C)C(C)(C)C1. The quantitative estimate of drug-likeness (QED) is 0.815. The highest BCUT2D eigenvalue weighted by atomic mass is 16.5. The average Bonchev–Trinajstić information content (AvgIpc) is 2.57. The number of carbonyl (C=O) groups is 2. The van der Waals surface area contributed by atoms with Crippen LogP contribution in [0.3, 0.4) is 0 Å². The Hall–Kier alpha value is -2.08. The first-order chi connectivity index (χ1) is 12.0. The van der Waals surface area contributed by atoms with Crippen LogP contribution in [0, 0.1) is 0 Å². The van der Waals surface area contributed by atoms with Gasteiger partial charge in [0.25, 0.3) is 5.91 Å². The number of hydrogen-bond donors (Lipinski definition) is 1. The second-order valence-electron chi connectivity index (χ2n) is 8.26. The van der Waals surface area contributed by atoms with Gasteiger partial charge in [-0.05, 0) is 59.7 Å². The predicted octanol–water partition coefficient (Wildman–Crippen LogP) is 2.38. The standard InChI is InChI=1S/C20H30N2O4/c1-18(2)13-20(17(24)25-6,14-19(3,4)22(18)5)21-16(23)12-26-15-10-8-7-9-11-15/h7-11H,12-14H2,1-6H3,(H,21,23). The lowest BCUT2D eigenvalue weighted by Crippen LogP contribution is -2.71. The molecule has 1 aliphatic rings. The summed E-state index contributed by atoms with van der Waals surface area (Å²) >= 11 is 0. The summed E-state index contributed by atoms with van der Waals surface area (Å²) < 4.78 is 10.6. The minimum absolute atomic E-state index is 0.153. The molecule has 0 bridgehead atoms. The summed E-state index contributed by atoms with van der Waals surface area (Å²) in [4.78, 5) is 27.5. The summed E-state index contributed by atoms with van der Waals surface area (Å²) in [6, 6.07) is 9.12. The van der Waals surface area contributed by atoms with E-state index in [4.69, 9.17) is 9.47 Å². The first-order valence-corrected chi connectivity index (χ1v) is 8.84. The normalized spacial score (nSPS) is 20.8. The lowest BCUT2D eigenvalue weighted by atomic mass is 9.69. The molecule has 0 saturated carbocycles. The van der Waals surface area contributed by atoms with Gasteiger partial charge < -0.3 is 14.8 Å². The van der Waals surface area contributed by atoms with Gasteiger partial charge in [0.1, 0.15) is 11.3 Å². The fraction of sp³-hybridized carbons (Fsp3) is 0.600. The van der Waals surface area contributed by atoms with E-state index in [1.807, 2.05) is 25.2 Å². The van der Waals surface area contributed by atoms with Gasteiger partial charge in [-0.1, -0.05) is 18.2 Å². The Morgan fingerprint density at radius 3 is 2.12 bits per heavy atom. The van der Waals surface area contributed by atoms with Crippen LogP contribution in [0.25, 0.3) is 0 Å². The maximum atomic E-state index is 12.7. The monoisotopic (exact) mass is 362 g/mol. The average molecular weight is 362 g/mol. The highest BCUT2D eigenvalue weighted by Crippen LogP contribution is 2.43. The molecule has 0 unspecified atom stereocenters. The fourth-order valence-electron chi connectivity index (χ4n) is 4.04. The Kier molecular flexibility index (Phi) is 5.66. The van der Waals surface area contributed by atoms with E-state index in [9.17, 15) is 9.59 Å². The molecule has 144 valence electrons. The molecule has 0 aromatic heterocycles. The first-order valence-electron chi connectivity index (χ1n) is 8.84. The molecule has 0 spiro atoms. The number of ether oxygens (including phenoxy) is 2. The van der Waals surface area contributed by atoms with Crippen LogP contribution < -0.4 is 10.1 Å². The van der Waals surface area contributed by atoms with E-state index in [2.05, 4.69) is 37.9 Å². The molecular formula is C20H30N2O4. The molecule has 1 aliphatic heterocycles. The molecule has 1 heterocycles. The third-order valence-corrected chi connectivity index (χ3v) is 5.35. The Bertz CT molecular complexity index is 637. The number of nitrogens with zero attached hydrogens (tertiary/aromatic N) is 1. The van der Waals surface area contributed by atoms with Crippen LogP contribution >= 0.6 is 0 Å².